The summed E-state index contributed by atoms with van der Waals surface area (Å²) in [5.74, 6) is 0.268. The highest BCUT2D eigenvalue weighted by molar-refractivity contribution is 5.91. The smallest absolute Gasteiger partial charge is 0.234 e. The molecule has 0 spiro atoms. The molecule has 0 radical (unpaired) electrons. The van der Waals surface area contributed by atoms with Crippen molar-refractivity contribution in [1.29, 1.82) is 0 Å². The van der Waals surface area contributed by atoms with Crippen LogP contribution in [0.15, 0.2) is 72.9 Å². The predicted molar refractivity (Wildman–Crippen MR) is 152 cm³/mol. The number of hydrogen-bond acceptors (Lipinski definition) is 5. The minimum absolute atomic E-state index is 0.0953. The number of rotatable bonds is 9. The van der Waals surface area contributed by atoms with E-state index in [1.54, 1.807) is 6.20 Å². The lowest BCUT2D eigenvalue weighted by molar-refractivity contribution is -0.123. The van der Waals surface area contributed by atoms with E-state index in [0.29, 0.717) is 18.4 Å². The number of nitrogens with zero attached hydrogens (tertiary/aromatic N) is 1. The van der Waals surface area contributed by atoms with Crippen LogP contribution in [-0.4, -0.2) is 29.4 Å². The lowest BCUT2D eigenvalue weighted by Crippen LogP contribution is -2.42. The Labute approximate surface area is 223 Å². The summed E-state index contributed by atoms with van der Waals surface area (Å²) in [4.78, 5) is 30.3. The van der Waals surface area contributed by atoms with E-state index in [2.05, 4.69) is 20.9 Å². The average Bonchev–Trinajstić information content (AvgIpc) is 2.95. The molecule has 2 amide bonds. The number of aromatic nitrogens is 1. The summed E-state index contributed by atoms with van der Waals surface area (Å²) in [5.41, 5.74) is 7.88. The van der Waals surface area contributed by atoms with E-state index in [0.717, 1.165) is 45.5 Å². The number of fused-ring (bicyclic) bond motifs is 2. The van der Waals surface area contributed by atoms with Crippen molar-refractivity contribution in [2.24, 2.45) is 0 Å². The number of pyridine rings is 1. The van der Waals surface area contributed by atoms with Crippen LogP contribution in [0, 0.1) is 0 Å². The number of carbonyl (C=O) groups excluding carboxylic acids is 2. The van der Waals surface area contributed by atoms with Crippen LogP contribution in [0.25, 0.3) is 21.5 Å². The number of carbonyl (C=O) groups is 2. The molecule has 5 N–H and O–H groups in total. The zero-order chi connectivity index (χ0) is 26.3. The lowest BCUT2D eigenvalue weighted by Gasteiger charge is -2.24. The fourth-order valence-corrected chi connectivity index (χ4v) is 5.40. The van der Waals surface area contributed by atoms with Crippen molar-refractivity contribution in [2.75, 3.05) is 12.3 Å². The van der Waals surface area contributed by atoms with E-state index in [-0.39, 0.29) is 24.8 Å². The number of benzene rings is 3. The van der Waals surface area contributed by atoms with Crippen molar-refractivity contribution >= 4 is 39.2 Å². The third kappa shape index (κ3) is 6.29. The zero-order valence-electron chi connectivity index (χ0n) is 21.6. The SMILES string of the molecule is Nc1nccc2cc(CNC(=O)C[C@H](NC(=O)CNC3CCCCC3)c3cccc4ccccc34)ccc12. The van der Waals surface area contributed by atoms with Gasteiger partial charge in [-0.05, 0) is 52.3 Å². The first kappa shape index (κ1) is 25.7. The highest BCUT2D eigenvalue weighted by atomic mass is 16.2. The summed E-state index contributed by atoms with van der Waals surface area (Å²) < 4.78 is 0. The van der Waals surface area contributed by atoms with Crippen LogP contribution in [0.5, 0.6) is 0 Å². The monoisotopic (exact) mass is 509 g/mol. The van der Waals surface area contributed by atoms with E-state index >= 15 is 0 Å². The highest BCUT2D eigenvalue weighted by Gasteiger charge is 2.21. The van der Waals surface area contributed by atoms with Crippen molar-refractivity contribution in [2.45, 2.75) is 57.2 Å². The second-order valence-corrected chi connectivity index (χ2v) is 10.1. The molecule has 7 nitrogen and oxygen atoms in total. The Kier molecular flexibility index (Phi) is 8.14. The van der Waals surface area contributed by atoms with Crippen LogP contribution in [-0.2, 0) is 16.1 Å². The molecule has 0 aliphatic heterocycles. The highest BCUT2D eigenvalue weighted by Crippen LogP contribution is 2.27. The molecule has 0 saturated heterocycles. The summed E-state index contributed by atoms with van der Waals surface area (Å²) in [7, 11) is 0. The minimum atomic E-state index is -0.441. The molecule has 196 valence electrons. The molecule has 5 rings (SSSR count). The maximum atomic E-state index is 13.1. The summed E-state index contributed by atoms with van der Waals surface area (Å²) in [6.07, 6.45) is 7.74. The number of amides is 2. The zero-order valence-corrected chi connectivity index (χ0v) is 21.6. The maximum Gasteiger partial charge on any atom is 0.234 e. The van der Waals surface area contributed by atoms with Gasteiger partial charge in [-0.2, -0.15) is 0 Å². The summed E-state index contributed by atoms with van der Waals surface area (Å²) in [6.45, 7) is 0.638. The van der Waals surface area contributed by atoms with Gasteiger partial charge in [0.2, 0.25) is 11.8 Å². The van der Waals surface area contributed by atoms with Crippen LogP contribution in [0.1, 0.15) is 55.7 Å². The first-order valence-corrected chi connectivity index (χ1v) is 13.5. The van der Waals surface area contributed by atoms with E-state index in [1.165, 1.54) is 19.3 Å². The van der Waals surface area contributed by atoms with Crippen LogP contribution in [0.3, 0.4) is 0 Å². The topological polar surface area (TPSA) is 109 Å². The third-order valence-electron chi connectivity index (χ3n) is 7.43. The van der Waals surface area contributed by atoms with Gasteiger partial charge in [0.15, 0.2) is 0 Å². The molecule has 7 heteroatoms. The van der Waals surface area contributed by atoms with Gasteiger partial charge in [-0.1, -0.05) is 73.9 Å². The van der Waals surface area contributed by atoms with Crippen molar-refractivity contribution in [3.8, 4) is 0 Å². The standard InChI is InChI=1S/C31H35N5O2/c32-31-26-14-13-21(17-23(26)15-16-33-31)19-35-29(37)18-28(27-12-6-8-22-7-4-5-11-25(22)27)36-30(38)20-34-24-9-2-1-3-10-24/h4-8,11-17,24,28,34H,1-3,9-10,18-20H2,(H2,32,33)(H,35,37)(H,36,38)/t28-/m0/s1. The number of anilines is 1. The van der Waals surface area contributed by atoms with E-state index in [4.69, 9.17) is 5.73 Å². The molecular weight excluding hydrogens is 474 g/mol. The van der Waals surface area contributed by atoms with Gasteiger partial charge in [-0.15, -0.1) is 0 Å². The van der Waals surface area contributed by atoms with Crippen LogP contribution in [0.2, 0.25) is 0 Å². The van der Waals surface area contributed by atoms with Gasteiger partial charge in [0.25, 0.3) is 0 Å². The van der Waals surface area contributed by atoms with Crippen LogP contribution < -0.4 is 21.7 Å². The van der Waals surface area contributed by atoms with Crippen molar-refractivity contribution in [3.05, 3.63) is 84.1 Å². The van der Waals surface area contributed by atoms with Crippen molar-refractivity contribution in [3.63, 3.8) is 0 Å². The molecule has 1 saturated carbocycles. The van der Waals surface area contributed by atoms with Gasteiger partial charge >= 0.3 is 0 Å². The molecule has 38 heavy (non-hydrogen) atoms. The van der Waals surface area contributed by atoms with E-state index in [9.17, 15) is 9.59 Å². The van der Waals surface area contributed by atoms with Gasteiger partial charge in [0.05, 0.1) is 19.0 Å². The van der Waals surface area contributed by atoms with Gasteiger partial charge in [0, 0.05) is 24.2 Å². The first-order chi connectivity index (χ1) is 18.6. The number of nitrogens with two attached hydrogens (primary N) is 1. The number of nitrogens with one attached hydrogen (secondary N) is 3. The number of hydrogen-bond donors (Lipinski definition) is 4. The van der Waals surface area contributed by atoms with Gasteiger partial charge in [-0.3, -0.25) is 9.59 Å². The molecule has 0 unspecified atom stereocenters. The Balaban J connectivity index is 1.28. The predicted octanol–water partition coefficient (Wildman–Crippen LogP) is 4.76. The summed E-state index contributed by atoms with van der Waals surface area (Å²) in [6, 6.07) is 21.8. The summed E-state index contributed by atoms with van der Waals surface area (Å²) >= 11 is 0. The fourth-order valence-electron chi connectivity index (χ4n) is 5.40. The second-order valence-electron chi connectivity index (χ2n) is 10.1. The molecule has 3 aromatic carbocycles. The van der Waals surface area contributed by atoms with Gasteiger partial charge in [0.1, 0.15) is 5.82 Å². The van der Waals surface area contributed by atoms with Crippen molar-refractivity contribution < 1.29 is 9.59 Å². The first-order valence-electron chi connectivity index (χ1n) is 13.5. The third-order valence-corrected chi connectivity index (χ3v) is 7.43. The minimum Gasteiger partial charge on any atom is -0.383 e. The Morgan fingerprint density at radius 2 is 1.71 bits per heavy atom. The second kappa shape index (κ2) is 12.0. The Morgan fingerprint density at radius 1 is 0.895 bits per heavy atom. The summed E-state index contributed by atoms with van der Waals surface area (Å²) in [5, 5.41) is 13.6. The molecule has 1 aliphatic rings. The molecule has 1 fully saturated rings. The largest absolute Gasteiger partial charge is 0.383 e. The fraction of sp³-hybridized carbons (Fsp3) is 0.323. The Morgan fingerprint density at radius 3 is 2.58 bits per heavy atom. The average molecular weight is 510 g/mol. The molecule has 4 aromatic rings. The molecule has 1 aromatic heterocycles. The molecule has 1 atom stereocenters. The van der Waals surface area contributed by atoms with Crippen molar-refractivity contribution in [1.82, 2.24) is 20.9 Å². The lowest BCUT2D eigenvalue weighted by atomic mass is 9.95. The molecular formula is C31H35N5O2. The molecule has 1 aliphatic carbocycles. The van der Waals surface area contributed by atoms with E-state index < -0.39 is 6.04 Å². The van der Waals surface area contributed by atoms with Gasteiger partial charge in [-0.25, -0.2) is 4.98 Å². The quantitative estimate of drug-likeness (QED) is 0.260. The maximum absolute atomic E-state index is 13.1. The van der Waals surface area contributed by atoms with E-state index in [1.807, 2.05) is 66.7 Å². The van der Waals surface area contributed by atoms with Crippen LogP contribution in [0.4, 0.5) is 5.82 Å². The number of nitrogen functional groups attached to an aromatic ring is 1. The normalized spacial score (nSPS) is 14.8. The molecule has 1 heterocycles. The Hall–Kier alpha value is -3.97. The Bertz CT molecular complexity index is 1430. The van der Waals surface area contributed by atoms with Crippen LogP contribution >= 0.6 is 0 Å². The van der Waals surface area contributed by atoms with Gasteiger partial charge < -0.3 is 21.7 Å². The molecule has 0 bridgehead atoms.